The maximum Gasteiger partial charge on any atom is 0.344 e. The molecule has 2 aromatic carbocycles. The van der Waals surface area contributed by atoms with Gasteiger partial charge in [-0.05, 0) is 49.2 Å². The van der Waals surface area contributed by atoms with E-state index < -0.39 is 11.3 Å². The van der Waals surface area contributed by atoms with E-state index >= 15 is 0 Å². The maximum absolute atomic E-state index is 12.7. The lowest BCUT2D eigenvalue weighted by atomic mass is 9.96. The van der Waals surface area contributed by atoms with Gasteiger partial charge in [0, 0.05) is 22.9 Å². The zero-order valence-electron chi connectivity index (χ0n) is 14.0. The lowest BCUT2D eigenvalue weighted by Gasteiger charge is -2.12. The first-order chi connectivity index (χ1) is 12.4. The summed E-state index contributed by atoms with van der Waals surface area (Å²) in [6.07, 6.45) is 0. The fourth-order valence-electron chi connectivity index (χ4n) is 3.25. The highest BCUT2D eigenvalue weighted by Crippen LogP contribution is 2.38. The van der Waals surface area contributed by atoms with E-state index in [2.05, 4.69) is 0 Å². The summed E-state index contributed by atoms with van der Waals surface area (Å²) in [7, 11) is 0. The molecule has 26 heavy (non-hydrogen) atoms. The van der Waals surface area contributed by atoms with Crippen molar-refractivity contribution in [1.82, 2.24) is 0 Å². The van der Waals surface area contributed by atoms with Crippen LogP contribution in [0.25, 0.3) is 33.1 Å². The minimum Gasteiger partial charge on any atom is -0.508 e. The Hall–Kier alpha value is -3.54. The normalized spacial score (nSPS) is 11.3. The number of hydrogen-bond acceptors (Lipinski definition) is 6. The maximum atomic E-state index is 12.7. The molecule has 0 unspecified atom stereocenters. The smallest absolute Gasteiger partial charge is 0.344 e. The molecular weight excluding hydrogens is 336 g/mol. The minimum absolute atomic E-state index is 0.0255. The Kier molecular flexibility index (Phi) is 3.37. The molecule has 0 bridgehead atoms. The van der Waals surface area contributed by atoms with E-state index in [1.807, 2.05) is 0 Å². The molecule has 0 amide bonds. The lowest BCUT2D eigenvalue weighted by Crippen LogP contribution is -2.08. The van der Waals surface area contributed by atoms with Crippen molar-refractivity contribution in [1.29, 1.82) is 0 Å². The van der Waals surface area contributed by atoms with E-state index in [0.29, 0.717) is 21.9 Å². The molecule has 4 rings (SSSR count). The second-order valence-electron chi connectivity index (χ2n) is 6.15. The van der Waals surface area contributed by atoms with Crippen molar-refractivity contribution in [3.8, 4) is 22.6 Å². The second kappa shape index (κ2) is 5.49. The van der Waals surface area contributed by atoms with Gasteiger partial charge in [-0.15, -0.1) is 0 Å². The van der Waals surface area contributed by atoms with Gasteiger partial charge in [0.05, 0.1) is 11.1 Å². The van der Waals surface area contributed by atoms with Gasteiger partial charge in [-0.2, -0.15) is 0 Å². The lowest BCUT2D eigenvalue weighted by molar-refractivity contribution is 0.471. The Bertz CT molecular complexity index is 1310. The Morgan fingerprint density at radius 2 is 1.58 bits per heavy atom. The van der Waals surface area contributed by atoms with Crippen LogP contribution in [-0.4, -0.2) is 10.2 Å². The molecule has 6 heteroatoms. The number of rotatable bonds is 1. The van der Waals surface area contributed by atoms with Gasteiger partial charge in [-0.1, -0.05) is 0 Å². The van der Waals surface area contributed by atoms with E-state index in [1.54, 1.807) is 26.0 Å². The van der Waals surface area contributed by atoms with E-state index in [1.165, 1.54) is 24.3 Å². The van der Waals surface area contributed by atoms with Crippen LogP contribution in [0.2, 0.25) is 0 Å². The molecule has 6 nitrogen and oxygen atoms in total. The first-order valence-corrected chi connectivity index (χ1v) is 7.90. The molecular formula is C20H14O6. The Morgan fingerprint density at radius 3 is 2.35 bits per heavy atom. The molecule has 0 aliphatic heterocycles. The fourth-order valence-corrected chi connectivity index (χ4v) is 3.25. The molecule has 4 aromatic rings. The van der Waals surface area contributed by atoms with Crippen LogP contribution in [-0.2, 0) is 0 Å². The summed E-state index contributed by atoms with van der Waals surface area (Å²) < 4.78 is 10.6. The van der Waals surface area contributed by atoms with Crippen LogP contribution in [0.4, 0.5) is 0 Å². The first-order valence-electron chi connectivity index (χ1n) is 7.90. The number of fused-ring (bicyclic) bond motifs is 2. The predicted octanol–water partition coefficient (Wildman–Crippen LogP) is 3.59. The molecule has 0 saturated heterocycles. The largest absolute Gasteiger partial charge is 0.508 e. The summed E-state index contributed by atoms with van der Waals surface area (Å²) in [5.74, 6) is -0.220. The number of phenolic OH excluding ortho intramolecular Hbond substituents is 2. The van der Waals surface area contributed by atoms with Crippen LogP contribution >= 0.6 is 0 Å². The molecule has 2 aromatic heterocycles. The Labute approximate surface area is 146 Å². The van der Waals surface area contributed by atoms with E-state index in [4.69, 9.17) is 8.83 Å². The van der Waals surface area contributed by atoms with Crippen LogP contribution < -0.4 is 11.3 Å². The summed E-state index contributed by atoms with van der Waals surface area (Å²) in [6, 6.07) is 8.87. The Morgan fingerprint density at radius 1 is 0.846 bits per heavy atom. The molecule has 0 spiro atoms. The topological polar surface area (TPSA) is 101 Å². The quantitative estimate of drug-likeness (QED) is 0.509. The van der Waals surface area contributed by atoms with Gasteiger partial charge in [0.15, 0.2) is 5.58 Å². The zero-order valence-corrected chi connectivity index (χ0v) is 14.0. The van der Waals surface area contributed by atoms with Gasteiger partial charge < -0.3 is 19.0 Å². The van der Waals surface area contributed by atoms with Gasteiger partial charge in [0.2, 0.25) is 0 Å². The van der Waals surface area contributed by atoms with Crippen molar-refractivity contribution in [3.05, 3.63) is 68.4 Å². The van der Waals surface area contributed by atoms with Crippen molar-refractivity contribution in [2.24, 2.45) is 0 Å². The molecule has 0 saturated carbocycles. The molecule has 0 aliphatic carbocycles. The molecule has 0 radical (unpaired) electrons. The predicted molar refractivity (Wildman–Crippen MR) is 96.8 cm³/mol. The van der Waals surface area contributed by atoms with Crippen LogP contribution in [0.5, 0.6) is 11.5 Å². The second-order valence-corrected chi connectivity index (χ2v) is 6.15. The molecule has 2 heterocycles. The van der Waals surface area contributed by atoms with Gasteiger partial charge in [0.1, 0.15) is 17.1 Å². The zero-order chi connectivity index (χ0) is 18.6. The molecule has 2 N–H and O–H groups in total. The highest BCUT2D eigenvalue weighted by atomic mass is 16.4. The van der Waals surface area contributed by atoms with Crippen LogP contribution in [0.15, 0.2) is 54.8 Å². The average molecular weight is 350 g/mol. The van der Waals surface area contributed by atoms with Crippen molar-refractivity contribution < 1.29 is 19.0 Å². The minimum atomic E-state index is -0.701. The number of phenols is 2. The number of aryl methyl sites for hydroxylation is 2. The van der Waals surface area contributed by atoms with E-state index in [0.717, 1.165) is 0 Å². The third-order valence-corrected chi connectivity index (χ3v) is 4.50. The van der Waals surface area contributed by atoms with Gasteiger partial charge in [-0.25, -0.2) is 9.59 Å². The van der Waals surface area contributed by atoms with E-state index in [9.17, 15) is 19.8 Å². The van der Waals surface area contributed by atoms with Crippen molar-refractivity contribution in [2.75, 3.05) is 0 Å². The van der Waals surface area contributed by atoms with Gasteiger partial charge in [-0.3, -0.25) is 0 Å². The third kappa shape index (κ3) is 2.27. The van der Waals surface area contributed by atoms with Crippen LogP contribution in [0.1, 0.15) is 11.1 Å². The summed E-state index contributed by atoms with van der Waals surface area (Å²) in [5, 5.41) is 21.2. The van der Waals surface area contributed by atoms with Gasteiger partial charge >= 0.3 is 11.3 Å². The fraction of sp³-hybridized carbons (Fsp3) is 0.100. The van der Waals surface area contributed by atoms with Crippen molar-refractivity contribution in [3.63, 3.8) is 0 Å². The van der Waals surface area contributed by atoms with Crippen LogP contribution in [0, 0.1) is 13.8 Å². The van der Waals surface area contributed by atoms with Crippen molar-refractivity contribution in [2.45, 2.75) is 13.8 Å². The van der Waals surface area contributed by atoms with Crippen LogP contribution in [0.3, 0.4) is 0 Å². The monoisotopic (exact) mass is 350 g/mol. The summed E-state index contributed by atoms with van der Waals surface area (Å²) in [4.78, 5) is 24.5. The molecule has 0 atom stereocenters. The average Bonchev–Trinajstić information content (AvgIpc) is 2.56. The third-order valence-electron chi connectivity index (χ3n) is 4.50. The molecule has 130 valence electrons. The summed E-state index contributed by atoms with van der Waals surface area (Å²) in [6.45, 7) is 3.45. The Balaban J connectivity index is 2.21. The summed E-state index contributed by atoms with van der Waals surface area (Å²) in [5.41, 5.74) is 0.525. The standard InChI is InChI=1S/C20H14O6/c1-9-7-16(23)26-19-12(9)5-6-14(22)18(19)17-10(2)13-4-3-11(21)8-15(13)25-20(17)24/h3-8,21-22H,1-2H3. The number of benzene rings is 2. The highest BCUT2D eigenvalue weighted by molar-refractivity contribution is 5.99. The first kappa shape index (κ1) is 16.0. The number of hydrogen-bond donors (Lipinski definition) is 2. The summed E-state index contributed by atoms with van der Waals surface area (Å²) >= 11 is 0. The highest BCUT2D eigenvalue weighted by Gasteiger charge is 2.21. The molecule has 0 fully saturated rings. The van der Waals surface area contributed by atoms with Crippen molar-refractivity contribution >= 4 is 21.9 Å². The molecule has 0 aliphatic rings. The SMILES string of the molecule is Cc1c(-c2c(O)ccc3c(C)cc(=O)oc23)c(=O)oc2cc(O)ccc12. The van der Waals surface area contributed by atoms with Gasteiger partial charge in [0.25, 0.3) is 0 Å². The number of aromatic hydroxyl groups is 2. The van der Waals surface area contributed by atoms with E-state index in [-0.39, 0.29) is 33.8 Å².